The van der Waals surface area contributed by atoms with E-state index in [-0.39, 0.29) is 5.91 Å². The number of carbonyl (C=O) groups is 2. The van der Waals surface area contributed by atoms with Crippen LogP contribution in [0.2, 0.25) is 0 Å². The summed E-state index contributed by atoms with van der Waals surface area (Å²) in [5.41, 5.74) is 4.49. The first kappa shape index (κ1) is 27.4. The van der Waals surface area contributed by atoms with Gasteiger partial charge in [-0.1, -0.05) is 56.0 Å². The maximum atomic E-state index is 14.1. The number of nitrogens with zero attached hydrogens (tertiary/aromatic N) is 1. The molecule has 1 N–H and O–H groups in total. The van der Waals surface area contributed by atoms with Crippen LogP contribution in [-0.4, -0.2) is 31.1 Å². The van der Waals surface area contributed by atoms with Gasteiger partial charge in [0.15, 0.2) is 0 Å². The number of esters is 1. The molecule has 0 aliphatic heterocycles. The van der Waals surface area contributed by atoms with Crippen LogP contribution >= 0.6 is 0 Å². The zero-order valence-corrected chi connectivity index (χ0v) is 23.5. The lowest BCUT2D eigenvalue weighted by atomic mass is 9.74. The summed E-state index contributed by atoms with van der Waals surface area (Å²) in [4.78, 5) is 30.6. The number of fused-ring (bicyclic) bond motifs is 1. The van der Waals surface area contributed by atoms with E-state index >= 15 is 0 Å². The molecule has 0 unspecified atom stereocenters. The molecule has 6 heteroatoms. The van der Waals surface area contributed by atoms with Crippen molar-refractivity contribution in [3.63, 3.8) is 0 Å². The number of rotatable bonds is 7. The summed E-state index contributed by atoms with van der Waals surface area (Å²) >= 11 is 0. The molecule has 1 amide bonds. The number of aryl methyl sites for hydroxylation is 1. The topological polar surface area (TPSA) is 77.5 Å². The minimum absolute atomic E-state index is 0.0151. The maximum Gasteiger partial charge on any atom is 0.337 e. The van der Waals surface area contributed by atoms with E-state index in [4.69, 9.17) is 9.47 Å². The van der Waals surface area contributed by atoms with Crippen LogP contribution in [0.3, 0.4) is 0 Å². The number of nitrogens with one attached hydrogen (secondary N) is 1. The molecule has 1 aliphatic carbocycles. The van der Waals surface area contributed by atoms with Gasteiger partial charge in [-0.25, -0.2) is 9.78 Å². The fourth-order valence-electron chi connectivity index (χ4n) is 5.92. The standard InChI is InChI=1S/C34H36N2O4/c1-23-20-26(13-15-30(23)39-2)25-10-8-24(9-11-25)22-34(17-6-4-5-7-18-34)33(38)36-31-29-14-12-28(32(37)40-3)21-27(29)16-19-35-31/h8-16,19-21H,4-7,17-18,22H2,1-3H3,(H,35,36,38). The van der Waals surface area contributed by atoms with Crippen molar-refractivity contribution in [3.8, 4) is 16.9 Å². The largest absolute Gasteiger partial charge is 0.496 e. The summed E-state index contributed by atoms with van der Waals surface area (Å²) in [6.45, 7) is 2.05. The zero-order valence-electron chi connectivity index (χ0n) is 23.5. The number of anilines is 1. The first-order valence-corrected chi connectivity index (χ1v) is 13.9. The molecule has 1 saturated carbocycles. The van der Waals surface area contributed by atoms with Crippen LogP contribution in [0.1, 0.15) is 60.0 Å². The zero-order chi connectivity index (χ0) is 28.1. The maximum absolute atomic E-state index is 14.1. The minimum Gasteiger partial charge on any atom is -0.496 e. The monoisotopic (exact) mass is 536 g/mol. The molecule has 0 radical (unpaired) electrons. The summed E-state index contributed by atoms with van der Waals surface area (Å²) in [5, 5.41) is 4.81. The van der Waals surface area contributed by atoms with Crippen molar-refractivity contribution in [1.82, 2.24) is 4.98 Å². The van der Waals surface area contributed by atoms with E-state index in [0.717, 1.165) is 77.3 Å². The Labute approximate surface area is 235 Å². The average molecular weight is 537 g/mol. The highest BCUT2D eigenvalue weighted by molar-refractivity contribution is 6.04. The van der Waals surface area contributed by atoms with Gasteiger partial charge in [-0.3, -0.25) is 4.79 Å². The quantitative estimate of drug-likeness (QED) is 0.195. The fourth-order valence-corrected chi connectivity index (χ4v) is 5.92. The van der Waals surface area contributed by atoms with Crippen molar-refractivity contribution >= 4 is 28.5 Å². The Hall–Kier alpha value is -4.19. The Kier molecular flexibility index (Phi) is 8.15. The Bertz CT molecular complexity index is 1520. The van der Waals surface area contributed by atoms with Crippen molar-refractivity contribution in [2.24, 2.45) is 5.41 Å². The second-order valence-electron chi connectivity index (χ2n) is 10.8. The molecule has 40 heavy (non-hydrogen) atoms. The third kappa shape index (κ3) is 5.71. The Morgan fingerprint density at radius 2 is 1.60 bits per heavy atom. The summed E-state index contributed by atoms with van der Waals surface area (Å²) in [5.74, 6) is 1.02. The normalized spacial score (nSPS) is 14.8. The molecular weight excluding hydrogens is 500 g/mol. The van der Waals surface area contributed by atoms with Gasteiger partial charge in [0.05, 0.1) is 25.2 Å². The van der Waals surface area contributed by atoms with Crippen LogP contribution in [0, 0.1) is 12.3 Å². The van der Waals surface area contributed by atoms with Crippen LogP contribution in [0.5, 0.6) is 5.75 Å². The molecule has 6 nitrogen and oxygen atoms in total. The first-order valence-electron chi connectivity index (χ1n) is 13.9. The molecule has 206 valence electrons. The predicted molar refractivity (Wildman–Crippen MR) is 159 cm³/mol. The van der Waals surface area contributed by atoms with Crippen LogP contribution in [-0.2, 0) is 16.0 Å². The van der Waals surface area contributed by atoms with Gasteiger partial charge < -0.3 is 14.8 Å². The lowest BCUT2D eigenvalue weighted by Crippen LogP contribution is -2.38. The molecule has 1 aliphatic rings. The van der Waals surface area contributed by atoms with Crippen molar-refractivity contribution in [1.29, 1.82) is 0 Å². The summed E-state index contributed by atoms with van der Waals surface area (Å²) in [6, 6.07) is 21.9. The van der Waals surface area contributed by atoms with Gasteiger partial charge in [0, 0.05) is 11.6 Å². The minimum atomic E-state index is -0.509. The third-order valence-electron chi connectivity index (χ3n) is 8.18. The smallest absolute Gasteiger partial charge is 0.337 e. The number of carbonyl (C=O) groups excluding carboxylic acids is 2. The lowest BCUT2D eigenvalue weighted by molar-refractivity contribution is -0.126. The van der Waals surface area contributed by atoms with E-state index in [1.165, 1.54) is 7.11 Å². The molecule has 1 aromatic heterocycles. The highest BCUT2D eigenvalue weighted by atomic mass is 16.5. The molecule has 5 rings (SSSR count). The Balaban J connectivity index is 1.40. The first-order chi connectivity index (χ1) is 19.4. The predicted octanol–water partition coefficient (Wildman–Crippen LogP) is 7.53. The van der Waals surface area contributed by atoms with E-state index in [9.17, 15) is 9.59 Å². The molecule has 0 spiro atoms. The van der Waals surface area contributed by atoms with Crippen LogP contribution in [0.15, 0.2) is 72.9 Å². The molecule has 4 aromatic rings. The number of ether oxygens (including phenoxy) is 2. The Morgan fingerprint density at radius 3 is 2.27 bits per heavy atom. The summed E-state index contributed by atoms with van der Waals surface area (Å²) < 4.78 is 10.3. The van der Waals surface area contributed by atoms with Crippen LogP contribution in [0.25, 0.3) is 21.9 Å². The van der Waals surface area contributed by atoms with E-state index in [2.05, 4.69) is 46.7 Å². The molecule has 0 bridgehead atoms. The number of amides is 1. The van der Waals surface area contributed by atoms with Crippen molar-refractivity contribution < 1.29 is 19.1 Å². The van der Waals surface area contributed by atoms with Gasteiger partial charge in [0.1, 0.15) is 11.6 Å². The van der Waals surface area contributed by atoms with Crippen molar-refractivity contribution in [2.75, 3.05) is 19.5 Å². The van der Waals surface area contributed by atoms with E-state index in [1.54, 1.807) is 25.4 Å². The molecule has 0 atom stereocenters. The SMILES string of the molecule is COC(=O)c1ccc2c(NC(=O)C3(Cc4ccc(-c5ccc(OC)c(C)c5)cc4)CCCCCC3)nccc2c1. The second-order valence-corrected chi connectivity index (χ2v) is 10.8. The van der Waals surface area contributed by atoms with E-state index in [0.29, 0.717) is 17.8 Å². The third-order valence-corrected chi connectivity index (χ3v) is 8.18. The second kappa shape index (κ2) is 11.9. The molecule has 3 aromatic carbocycles. The number of benzene rings is 3. The number of hydrogen-bond donors (Lipinski definition) is 1. The highest BCUT2D eigenvalue weighted by Gasteiger charge is 2.39. The van der Waals surface area contributed by atoms with E-state index in [1.807, 2.05) is 25.1 Å². The number of hydrogen-bond acceptors (Lipinski definition) is 5. The molecular formula is C34H36N2O4. The van der Waals surface area contributed by atoms with Gasteiger partial charge in [-0.05, 0) is 90.2 Å². The van der Waals surface area contributed by atoms with Crippen molar-refractivity contribution in [3.05, 3.63) is 89.6 Å². The van der Waals surface area contributed by atoms with Crippen LogP contribution in [0.4, 0.5) is 5.82 Å². The van der Waals surface area contributed by atoms with Crippen LogP contribution < -0.4 is 10.1 Å². The Morgan fingerprint density at radius 1 is 0.875 bits per heavy atom. The van der Waals surface area contributed by atoms with Gasteiger partial charge >= 0.3 is 5.97 Å². The number of pyridine rings is 1. The fraction of sp³-hybridized carbons (Fsp3) is 0.324. The van der Waals surface area contributed by atoms with Gasteiger partial charge in [-0.2, -0.15) is 0 Å². The number of aromatic nitrogens is 1. The van der Waals surface area contributed by atoms with Gasteiger partial charge in [0.2, 0.25) is 5.91 Å². The molecule has 1 heterocycles. The van der Waals surface area contributed by atoms with E-state index < -0.39 is 11.4 Å². The highest BCUT2D eigenvalue weighted by Crippen LogP contribution is 2.40. The average Bonchev–Trinajstić information content (AvgIpc) is 3.23. The number of methoxy groups -OCH3 is 2. The van der Waals surface area contributed by atoms with Crippen molar-refractivity contribution in [2.45, 2.75) is 51.9 Å². The van der Waals surface area contributed by atoms with Gasteiger partial charge in [-0.15, -0.1) is 0 Å². The molecule has 1 fully saturated rings. The van der Waals surface area contributed by atoms with Gasteiger partial charge in [0.25, 0.3) is 0 Å². The lowest BCUT2D eigenvalue weighted by Gasteiger charge is -2.32. The summed E-state index contributed by atoms with van der Waals surface area (Å²) in [7, 11) is 3.05. The molecule has 0 saturated heterocycles. The summed E-state index contributed by atoms with van der Waals surface area (Å²) in [6.07, 6.45) is 8.38.